The molecule has 31 heavy (non-hydrogen) atoms. The SMILES string of the molecule is COc1ccc(CC(=O)Nc2cc(S(=O)(=O)N3CCOCC3)ccc2OC(C)C)cc1. The van der Waals surface area contributed by atoms with Crippen LogP contribution in [0.2, 0.25) is 0 Å². The van der Waals surface area contributed by atoms with Gasteiger partial charge in [0.1, 0.15) is 11.5 Å². The number of hydrogen-bond acceptors (Lipinski definition) is 6. The van der Waals surface area contributed by atoms with Gasteiger partial charge < -0.3 is 19.5 Å². The van der Waals surface area contributed by atoms with E-state index in [0.717, 1.165) is 5.56 Å². The minimum absolute atomic E-state index is 0.102. The Morgan fingerprint density at radius 1 is 1.13 bits per heavy atom. The monoisotopic (exact) mass is 448 g/mol. The van der Waals surface area contributed by atoms with Crippen LogP contribution in [-0.4, -0.2) is 58.1 Å². The molecule has 1 saturated heterocycles. The molecule has 0 unspecified atom stereocenters. The van der Waals surface area contributed by atoms with Crippen molar-refractivity contribution in [3.63, 3.8) is 0 Å². The normalized spacial score (nSPS) is 15.0. The molecule has 1 fully saturated rings. The number of rotatable bonds is 8. The molecule has 2 aromatic carbocycles. The van der Waals surface area contributed by atoms with E-state index in [0.29, 0.717) is 43.5 Å². The van der Waals surface area contributed by atoms with Crippen LogP contribution in [0.4, 0.5) is 5.69 Å². The number of sulfonamides is 1. The summed E-state index contributed by atoms with van der Waals surface area (Å²) in [5.41, 5.74) is 1.13. The first kappa shape index (κ1) is 23.1. The van der Waals surface area contributed by atoms with Gasteiger partial charge in [-0.15, -0.1) is 0 Å². The van der Waals surface area contributed by atoms with Crippen molar-refractivity contribution in [2.75, 3.05) is 38.7 Å². The summed E-state index contributed by atoms with van der Waals surface area (Å²) in [6.45, 7) is 5.04. The van der Waals surface area contributed by atoms with E-state index in [4.69, 9.17) is 14.2 Å². The van der Waals surface area contributed by atoms with Crippen LogP contribution in [0.3, 0.4) is 0 Å². The summed E-state index contributed by atoms with van der Waals surface area (Å²) in [7, 11) is -2.12. The number of nitrogens with zero attached hydrogens (tertiary/aromatic N) is 1. The van der Waals surface area contributed by atoms with Crippen molar-refractivity contribution in [1.82, 2.24) is 4.31 Å². The lowest BCUT2D eigenvalue weighted by molar-refractivity contribution is -0.115. The van der Waals surface area contributed by atoms with Crippen molar-refractivity contribution >= 4 is 21.6 Å². The molecule has 3 rings (SSSR count). The Labute approximate surface area is 183 Å². The maximum absolute atomic E-state index is 13.0. The van der Waals surface area contributed by atoms with Gasteiger partial charge in [0, 0.05) is 13.1 Å². The number of benzene rings is 2. The van der Waals surface area contributed by atoms with Crippen LogP contribution >= 0.6 is 0 Å². The Morgan fingerprint density at radius 3 is 2.42 bits per heavy atom. The Balaban J connectivity index is 1.83. The third-order valence-electron chi connectivity index (χ3n) is 4.72. The molecule has 0 saturated carbocycles. The molecular formula is C22H28N2O6S. The molecule has 1 N–H and O–H groups in total. The molecule has 0 bridgehead atoms. The van der Waals surface area contributed by atoms with Crippen LogP contribution < -0.4 is 14.8 Å². The van der Waals surface area contributed by atoms with Gasteiger partial charge in [-0.05, 0) is 49.7 Å². The fraction of sp³-hybridized carbons (Fsp3) is 0.409. The van der Waals surface area contributed by atoms with E-state index in [1.165, 1.54) is 16.4 Å². The molecular weight excluding hydrogens is 420 g/mol. The van der Waals surface area contributed by atoms with Crippen LogP contribution in [-0.2, 0) is 26.0 Å². The van der Waals surface area contributed by atoms with E-state index in [1.54, 1.807) is 25.3 Å². The third-order valence-corrected chi connectivity index (χ3v) is 6.61. The van der Waals surface area contributed by atoms with Crippen LogP contribution in [0, 0.1) is 0 Å². The second-order valence-corrected chi connectivity index (χ2v) is 9.35. The number of morpholine rings is 1. The summed E-state index contributed by atoms with van der Waals surface area (Å²) >= 11 is 0. The van der Waals surface area contributed by atoms with E-state index >= 15 is 0 Å². The molecule has 0 radical (unpaired) electrons. The van der Waals surface area contributed by atoms with Crippen molar-refractivity contribution in [2.24, 2.45) is 0 Å². The number of amides is 1. The first-order valence-electron chi connectivity index (χ1n) is 10.1. The van der Waals surface area contributed by atoms with E-state index in [9.17, 15) is 13.2 Å². The molecule has 0 aliphatic carbocycles. The highest BCUT2D eigenvalue weighted by molar-refractivity contribution is 7.89. The predicted molar refractivity (Wildman–Crippen MR) is 117 cm³/mol. The average Bonchev–Trinajstić information content (AvgIpc) is 2.75. The predicted octanol–water partition coefficient (Wildman–Crippen LogP) is 2.68. The molecule has 8 nitrogen and oxygen atoms in total. The molecule has 1 heterocycles. The summed E-state index contributed by atoms with van der Waals surface area (Å²) in [4.78, 5) is 12.8. The summed E-state index contributed by atoms with van der Waals surface area (Å²) in [6, 6.07) is 11.7. The van der Waals surface area contributed by atoms with Gasteiger partial charge in [0.25, 0.3) is 0 Å². The number of methoxy groups -OCH3 is 1. The standard InChI is InChI=1S/C22H28N2O6S/c1-16(2)30-21-9-8-19(31(26,27)24-10-12-29-13-11-24)15-20(21)23-22(25)14-17-4-6-18(28-3)7-5-17/h4-9,15-16H,10-14H2,1-3H3,(H,23,25). The summed E-state index contributed by atoms with van der Waals surface area (Å²) < 4.78 is 43.6. The highest BCUT2D eigenvalue weighted by atomic mass is 32.2. The smallest absolute Gasteiger partial charge is 0.243 e. The van der Waals surface area contributed by atoms with Crippen molar-refractivity contribution in [1.29, 1.82) is 0 Å². The van der Waals surface area contributed by atoms with Gasteiger partial charge in [0.15, 0.2) is 0 Å². The molecule has 1 aliphatic rings. The zero-order chi connectivity index (χ0) is 22.4. The second-order valence-electron chi connectivity index (χ2n) is 7.41. The maximum atomic E-state index is 13.0. The van der Waals surface area contributed by atoms with Gasteiger partial charge in [-0.3, -0.25) is 4.79 Å². The minimum Gasteiger partial charge on any atom is -0.497 e. The maximum Gasteiger partial charge on any atom is 0.243 e. The fourth-order valence-corrected chi connectivity index (χ4v) is 4.62. The average molecular weight is 449 g/mol. The minimum atomic E-state index is -3.70. The van der Waals surface area contributed by atoms with Crippen LogP contribution in [0.1, 0.15) is 19.4 Å². The molecule has 0 aromatic heterocycles. The van der Waals surface area contributed by atoms with Crippen molar-refractivity contribution in [3.8, 4) is 11.5 Å². The number of nitrogens with one attached hydrogen (secondary N) is 1. The number of hydrogen-bond donors (Lipinski definition) is 1. The van der Waals surface area contributed by atoms with Gasteiger partial charge in [-0.1, -0.05) is 12.1 Å². The first-order chi connectivity index (χ1) is 14.8. The molecule has 2 aromatic rings. The quantitative estimate of drug-likeness (QED) is 0.667. The summed E-state index contributed by atoms with van der Waals surface area (Å²) in [5, 5.41) is 2.81. The van der Waals surface area contributed by atoms with Gasteiger partial charge in [-0.2, -0.15) is 4.31 Å². The fourth-order valence-electron chi connectivity index (χ4n) is 3.18. The summed E-state index contributed by atoms with van der Waals surface area (Å²) in [5.74, 6) is 0.844. The van der Waals surface area contributed by atoms with Gasteiger partial charge in [-0.25, -0.2) is 8.42 Å². The zero-order valence-corrected chi connectivity index (χ0v) is 18.8. The highest BCUT2D eigenvalue weighted by Gasteiger charge is 2.27. The van der Waals surface area contributed by atoms with E-state index < -0.39 is 10.0 Å². The molecule has 0 spiro atoms. The van der Waals surface area contributed by atoms with E-state index in [-0.39, 0.29) is 23.3 Å². The molecule has 1 aliphatic heterocycles. The first-order valence-corrected chi connectivity index (χ1v) is 11.5. The molecule has 0 atom stereocenters. The lowest BCUT2D eigenvalue weighted by Crippen LogP contribution is -2.40. The molecule has 1 amide bonds. The van der Waals surface area contributed by atoms with Crippen molar-refractivity contribution in [3.05, 3.63) is 48.0 Å². The van der Waals surface area contributed by atoms with Gasteiger partial charge >= 0.3 is 0 Å². The third kappa shape index (κ3) is 5.96. The Bertz CT molecular complexity index is 999. The van der Waals surface area contributed by atoms with Crippen molar-refractivity contribution in [2.45, 2.75) is 31.3 Å². The number of carbonyl (C=O) groups is 1. The largest absolute Gasteiger partial charge is 0.497 e. The lowest BCUT2D eigenvalue weighted by atomic mass is 10.1. The Morgan fingerprint density at radius 2 is 1.81 bits per heavy atom. The van der Waals surface area contributed by atoms with Crippen LogP contribution in [0.25, 0.3) is 0 Å². The van der Waals surface area contributed by atoms with E-state index in [1.807, 2.05) is 26.0 Å². The summed E-state index contributed by atoms with van der Waals surface area (Å²) in [6.07, 6.45) is -0.00936. The topological polar surface area (TPSA) is 94.2 Å². The van der Waals surface area contributed by atoms with Crippen LogP contribution in [0.15, 0.2) is 47.4 Å². The number of ether oxygens (including phenoxy) is 3. The van der Waals surface area contributed by atoms with Gasteiger partial charge in [0.05, 0.1) is 43.4 Å². The molecule has 168 valence electrons. The van der Waals surface area contributed by atoms with Crippen LogP contribution in [0.5, 0.6) is 11.5 Å². The van der Waals surface area contributed by atoms with E-state index in [2.05, 4.69) is 5.32 Å². The second kappa shape index (κ2) is 10.1. The molecule has 9 heteroatoms. The van der Waals surface area contributed by atoms with Crippen molar-refractivity contribution < 1.29 is 27.4 Å². The number of anilines is 1. The highest BCUT2D eigenvalue weighted by Crippen LogP contribution is 2.30. The Kier molecular flexibility index (Phi) is 7.53. The lowest BCUT2D eigenvalue weighted by Gasteiger charge is -2.26. The Hall–Kier alpha value is -2.62. The number of carbonyl (C=O) groups excluding carboxylic acids is 1. The zero-order valence-electron chi connectivity index (χ0n) is 18.0. The van der Waals surface area contributed by atoms with Gasteiger partial charge in [0.2, 0.25) is 15.9 Å².